The van der Waals surface area contributed by atoms with Crippen molar-refractivity contribution < 1.29 is 8.42 Å². The van der Waals surface area contributed by atoms with Gasteiger partial charge in [0.05, 0.1) is 10.1 Å². The maximum absolute atomic E-state index is 12.1. The first-order valence-electron chi connectivity index (χ1n) is 4.89. The molecule has 0 spiro atoms. The lowest BCUT2D eigenvalue weighted by molar-refractivity contribution is 0.592. The van der Waals surface area contributed by atoms with Gasteiger partial charge in [0.25, 0.3) is 0 Å². The summed E-state index contributed by atoms with van der Waals surface area (Å²) in [5, 5.41) is -0.389. The summed E-state index contributed by atoms with van der Waals surface area (Å²) in [4.78, 5) is 0.496. The molecule has 2 nitrogen and oxygen atoms in total. The maximum Gasteiger partial charge on any atom is 0.185 e. The minimum Gasteiger partial charge on any atom is -0.223 e. The van der Waals surface area contributed by atoms with Crippen molar-refractivity contribution in [3.05, 3.63) is 54.1 Å². The van der Waals surface area contributed by atoms with Crippen LogP contribution in [0.1, 0.15) is 11.5 Å². The second kappa shape index (κ2) is 2.83. The van der Waals surface area contributed by atoms with Crippen LogP contribution in [-0.4, -0.2) is 13.7 Å². The standard InChI is InChI=1S/C12H10O2S/c13-15(14)11-7-3-1-5-9(11)10-6-2-4-8-12(10)15/h1-9,11H. The van der Waals surface area contributed by atoms with Crippen molar-refractivity contribution in [2.24, 2.45) is 0 Å². The van der Waals surface area contributed by atoms with Gasteiger partial charge in [-0.15, -0.1) is 0 Å². The van der Waals surface area contributed by atoms with Gasteiger partial charge in [-0.05, 0) is 11.6 Å². The van der Waals surface area contributed by atoms with Gasteiger partial charge in [0, 0.05) is 5.92 Å². The number of allylic oxidation sites excluding steroid dienone is 3. The van der Waals surface area contributed by atoms with Gasteiger partial charge < -0.3 is 0 Å². The summed E-state index contributed by atoms with van der Waals surface area (Å²) in [6, 6.07) is 7.27. The van der Waals surface area contributed by atoms with Crippen LogP contribution in [0.25, 0.3) is 0 Å². The van der Waals surface area contributed by atoms with E-state index in [-0.39, 0.29) is 11.2 Å². The molecule has 1 aliphatic heterocycles. The molecule has 0 N–H and O–H groups in total. The van der Waals surface area contributed by atoms with Crippen LogP contribution in [0.2, 0.25) is 0 Å². The highest BCUT2D eigenvalue weighted by atomic mass is 32.2. The molecule has 76 valence electrons. The molecule has 0 aromatic heterocycles. The fourth-order valence-corrected chi connectivity index (χ4v) is 4.34. The Morgan fingerprint density at radius 3 is 2.60 bits per heavy atom. The molecule has 0 saturated carbocycles. The molecule has 0 fully saturated rings. The fourth-order valence-electron chi connectivity index (χ4n) is 2.33. The van der Waals surface area contributed by atoms with E-state index in [9.17, 15) is 8.42 Å². The molecule has 1 aliphatic carbocycles. The van der Waals surface area contributed by atoms with E-state index in [0.29, 0.717) is 4.90 Å². The predicted octanol–water partition coefficient (Wildman–Crippen LogP) is 2.05. The first-order valence-corrected chi connectivity index (χ1v) is 6.44. The molecule has 1 aromatic carbocycles. The van der Waals surface area contributed by atoms with E-state index in [1.54, 1.807) is 18.2 Å². The molecule has 1 aromatic rings. The smallest absolute Gasteiger partial charge is 0.185 e. The molecular formula is C12H10O2S. The van der Waals surface area contributed by atoms with Crippen molar-refractivity contribution in [3.63, 3.8) is 0 Å². The Bertz CT molecular complexity index is 567. The van der Waals surface area contributed by atoms with Gasteiger partial charge in [0.15, 0.2) is 9.84 Å². The third-order valence-electron chi connectivity index (χ3n) is 3.03. The van der Waals surface area contributed by atoms with Crippen molar-refractivity contribution in [2.75, 3.05) is 0 Å². The lowest BCUT2D eigenvalue weighted by Gasteiger charge is -2.14. The summed E-state index contributed by atoms with van der Waals surface area (Å²) >= 11 is 0. The molecular weight excluding hydrogens is 208 g/mol. The minimum atomic E-state index is -3.14. The van der Waals surface area contributed by atoms with Gasteiger partial charge in [0.1, 0.15) is 0 Å². The molecule has 0 amide bonds. The second-order valence-corrected chi connectivity index (χ2v) is 5.92. The van der Waals surface area contributed by atoms with Crippen molar-refractivity contribution >= 4 is 9.84 Å². The molecule has 0 radical (unpaired) electrons. The van der Waals surface area contributed by atoms with Gasteiger partial charge in [0.2, 0.25) is 0 Å². The molecule has 2 aliphatic rings. The van der Waals surface area contributed by atoms with Crippen LogP contribution in [0.15, 0.2) is 53.5 Å². The van der Waals surface area contributed by atoms with Crippen molar-refractivity contribution in [2.45, 2.75) is 16.1 Å². The number of hydrogen-bond donors (Lipinski definition) is 0. The lowest BCUT2D eigenvalue weighted by Crippen LogP contribution is -2.18. The van der Waals surface area contributed by atoms with Gasteiger partial charge in [-0.3, -0.25) is 0 Å². The minimum absolute atomic E-state index is 0.0104. The number of sulfone groups is 1. The highest BCUT2D eigenvalue weighted by molar-refractivity contribution is 7.92. The van der Waals surface area contributed by atoms with Crippen LogP contribution in [0.3, 0.4) is 0 Å². The largest absolute Gasteiger partial charge is 0.223 e. The van der Waals surface area contributed by atoms with Gasteiger partial charge in [-0.1, -0.05) is 42.5 Å². The van der Waals surface area contributed by atoms with Crippen LogP contribution >= 0.6 is 0 Å². The van der Waals surface area contributed by atoms with Crippen LogP contribution < -0.4 is 0 Å². The first-order chi connectivity index (χ1) is 7.21. The number of hydrogen-bond acceptors (Lipinski definition) is 2. The van der Waals surface area contributed by atoms with Crippen LogP contribution in [0.4, 0.5) is 0 Å². The van der Waals surface area contributed by atoms with E-state index in [1.807, 2.05) is 30.4 Å². The highest BCUT2D eigenvalue weighted by Gasteiger charge is 2.42. The monoisotopic (exact) mass is 218 g/mol. The van der Waals surface area contributed by atoms with E-state index >= 15 is 0 Å². The molecule has 3 heteroatoms. The van der Waals surface area contributed by atoms with E-state index in [1.165, 1.54) is 0 Å². The molecule has 2 unspecified atom stereocenters. The Balaban J connectivity index is 2.33. The van der Waals surface area contributed by atoms with Gasteiger partial charge in [-0.2, -0.15) is 0 Å². The molecule has 0 saturated heterocycles. The Morgan fingerprint density at radius 1 is 1.00 bits per heavy atom. The van der Waals surface area contributed by atoms with Gasteiger partial charge >= 0.3 is 0 Å². The van der Waals surface area contributed by atoms with Crippen molar-refractivity contribution in [3.8, 4) is 0 Å². The van der Waals surface area contributed by atoms with E-state index in [0.717, 1.165) is 5.56 Å². The number of rotatable bonds is 0. The maximum atomic E-state index is 12.1. The summed E-state index contributed by atoms with van der Waals surface area (Å²) in [6.45, 7) is 0. The second-order valence-electron chi connectivity index (χ2n) is 3.84. The molecule has 3 rings (SSSR count). The molecule has 0 bridgehead atoms. The molecule has 15 heavy (non-hydrogen) atoms. The Labute approximate surface area is 88.9 Å². The lowest BCUT2D eigenvalue weighted by atomic mass is 9.93. The van der Waals surface area contributed by atoms with E-state index < -0.39 is 9.84 Å². The summed E-state index contributed by atoms with van der Waals surface area (Å²) in [6.07, 6.45) is 7.47. The van der Waals surface area contributed by atoms with E-state index in [4.69, 9.17) is 0 Å². The topological polar surface area (TPSA) is 34.1 Å². The fraction of sp³-hybridized carbons (Fsp3) is 0.167. The van der Waals surface area contributed by atoms with Crippen LogP contribution in [-0.2, 0) is 9.84 Å². The zero-order valence-corrected chi connectivity index (χ0v) is 8.81. The quantitative estimate of drug-likeness (QED) is 0.668. The normalized spacial score (nSPS) is 29.9. The van der Waals surface area contributed by atoms with Crippen LogP contribution in [0.5, 0.6) is 0 Å². The third kappa shape index (κ3) is 1.07. The summed E-state index contributed by atoms with van der Waals surface area (Å²) < 4.78 is 24.3. The zero-order valence-electron chi connectivity index (χ0n) is 8.00. The average molecular weight is 218 g/mol. The van der Waals surface area contributed by atoms with E-state index in [2.05, 4.69) is 0 Å². The van der Waals surface area contributed by atoms with Crippen LogP contribution in [0, 0.1) is 0 Å². The average Bonchev–Trinajstić information content (AvgIpc) is 2.51. The number of fused-ring (bicyclic) bond motifs is 3. The number of benzene rings is 1. The Kier molecular flexibility index (Phi) is 1.68. The summed E-state index contributed by atoms with van der Waals surface area (Å²) in [5.74, 6) is 0.0104. The first kappa shape index (κ1) is 8.92. The summed E-state index contributed by atoms with van der Waals surface area (Å²) in [5.41, 5.74) is 0.933. The molecule has 2 atom stereocenters. The van der Waals surface area contributed by atoms with Crippen molar-refractivity contribution in [1.82, 2.24) is 0 Å². The third-order valence-corrected chi connectivity index (χ3v) is 5.18. The molecule has 1 heterocycles. The summed E-state index contributed by atoms with van der Waals surface area (Å²) in [7, 11) is -3.14. The SMILES string of the molecule is O=S1(=O)c2ccccc2C2C=CC=CC21. The Morgan fingerprint density at radius 2 is 1.73 bits per heavy atom. The zero-order chi connectivity index (χ0) is 10.5. The van der Waals surface area contributed by atoms with Gasteiger partial charge in [-0.25, -0.2) is 8.42 Å². The predicted molar refractivity (Wildman–Crippen MR) is 58.4 cm³/mol. The Hall–Kier alpha value is -1.35. The van der Waals surface area contributed by atoms with Crippen molar-refractivity contribution in [1.29, 1.82) is 0 Å². The highest BCUT2D eigenvalue weighted by Crippen LogP contribution is 2.42.